The van der Waals surface area contributed by atoms with Crippen LogP contribution in [0.4, 0.5) is 0 Å². The number of benzene rings is 1. The lowest BCUT2D eigenvalue weighted by atomic mass is 10.2. The molecule has 1 heterocycles. The molecule has 0 fully saturated rings. The van der Waals surface area contributed by atoms with Crippen LogP contribution in [0.25, 0.3) is 0 Å². The Morgan fingerprint density at radius 3 is 2.90 bits per heavy atom. The van der Waals surface area contributed by atoms with Crippen LogP contribution in [0.5, 0.6) is 11.8 Å². The van der Waals surface area contributed by atoms with Crippen LogP contribution >= 0.6 is 15.9 Å². The van der Waals surface area contributed by atoms with Crippen LogP contribution in [-0.4, -0.2) is 11.5 Å². The van der Waals surface area contributed by atoms with Gasteiger partial charge in [-0.3, -0.25) is 0 Å². The molecule has 108 valence electrons. The Morgan fingerprint density at radius 1 is 1.40 bits per heavy atom. The number of ether oxygens (including phenoxy) is 1. The first-order chi connectivity index (χ1) is 9.54. The van der Waals surface area contributed by atoms with Crippen molar-refractivity contribution in [3.05, 3.63) is 40.2 Å². The molecule has 1 N–H and O–H groups in total. The number of aromatic nitrogens is 1. The summed E-state index contributed by atoms with van der Waals surface area (Å²) < 4.78 is 11.8. The molecular weight excluding hydrogens is 320 g/mol. The Kier molecular flexibility index (Phi) is 5.20. The predicted molar refractivity (Wildman–Crippen MR) is 82.0 cm³/mol. The SMILES string of the molecule is Cc1ccc(Oc2nc(CNCC(C)C)co2)c(Br)c1. The average Bonchev–Trinajstić information content (AvgIpc) is 2.80. The number of nitrogens with one attached hydrogen (secondary N) is 1. The minimum absolute atomic E-state index is 0.260. The summed E-state index contributed by atoms with van der Waals surface area (Å²) in [6.45, 7) is 7.99. The summed E-state index contributed by atoms with van der Waals surface area (Å²) in [5.74, 6) is 1.31. The lowest BCUT2D eigenvalue weighted by Crippen LogP contribution is -2.19. The zero-order valence-electron chi connectivity index (χ0n) is 11.9. The van der Waals surface area contributed by atoms with E-state index in [9.17, 15) is 0 Å². The van der Waals surface area contributed by atoms with Gasteiger partial charge < -0.3 is 14.5 Å². The first-order valence-corrected chi connectivity index (χ1v) is 7.43. The van der Waals surface area contributed by atoms with E-state index in [-0.39, 0.29) is 6.08 Å². The molecule has 5 heteroatoms. The number of hydrogen-bond donors (Lipinski definition) is 1. The second-order valence-electron chi connectivity index (χ2n) is 5.17. The normalized spacial score (nSPS) is 11.1. The summed E-state index contributed by atoms with van der Waals surface area (Å²) in [6, 6.07) is 5.86. The third-order valence-electron chi connectivity index (χ3n) is 2.67. The van der Waals surface area contributed by atoms with Gasteiger partial charge in [-0.15, -0.1) is 0 Å². The zero-order valence-corrected chi connectivity index (χ0v) is 13.5. The largest absolute Gasteiger partial charge is 0.417 e. The summed E-state index contributed by atoms with van der Waals surface area (Å²) in [4.78, 5) is 4.29. The first kappa shape index (κ1) is 15.1. The Hall–Kier alpha value is -1.33. The Labute approximate surface area is 127 Å². The van der Waals surface area contributed by atoms with E-state index in [4.69, 9.17) is 9.15 Å². The highest BCUT2D eigenvalue weighted by Crippen LogP contribution is 2.29. The molecule has 1 aromatic carbocycles. The van der Waals surface area contributed by atoms with Gasteiger partial charge in [0.15, 0.2) is 0 Å². The molecule has 0 atom stereocenters. The molecule has 4 nitrogen and oxygen atoms in total. The minimum atomic E-state index is 0.260. The first-order valence-electron chi connectivity index (χ1n) is 6.63. The highest BCUT2D eigenvalue weighted by molar-refractivity contribution is 9.10. The second kappa shape index (κ2) is 6.90. The third kappa shape index (κ3) is 4.35. The molecule has 0 bridgehead atoms. The van der Waals surface area contributed by atoms with E-state index >= 15 is 0 Å². The molecule has 0 spiro atoms. The van der Waals surface area contributed by atoms with Crippen LogP contribution in [0.2, 0.25) is 0 Å². The smallest absolute Gasteiger partial charge is 0.399 e. The minimum Gasteiger partial charge on any atom is -0.417 e. The van der Waals surface area contributed by atoms with Crippen molar-refractivity contribution in [2.45, 2.75) is 27.3 Å². The second-order valence-corrected chi connectivity index (χ2v) is 6.02. The van der Waals surface area contributed by atoms with Crippen LogP contribution < -0.4 is 10.1 Å². The number of oxazole rings is 1. The summed E-state index contributed by atoms with van der Waals surface area (Å²) in [6.07, 6.45) is 1.88. The van der Waals surface area contributed by atoms with Crippen molar-refractivity contribution in [3.63, 3.8) is 0 Å². The van der Waals surface area contributed by atoms with E-state index in [1.54, 1.807) is 6.26 Å². The van der Waals surface area contributed by atoms with Gasteiger partial charge in [0.2, 0.25) is 0 Å². The fourth-order valence-electron chi connectivity index (χ4n) is 1.69. The standard InChI is InChI=1S/C15H19BrN2O2/c1-10(2)7-17-8-12-9-19-15(18-12)20-14-5-4-11(3)6-13(14)16/h4-6,9-10,17H,7-8H2,1-3H3. The molecule has 2 rings (SSSR count). The van der Waals surface area contributed by atoms with Crippen molar-refractivity contribution in [2.75, 3.05) is 6.54 Å². The molecule has 1 aromatic heterocycles. The van der Waals surface area contributed by atoms with Gasteiger partial charge in [0.1, 0.15) is 12.0 Å². The number of nitrogens with zero attached hydrogens (tertiary/aromatic N) is 1. The van der Waals surface area contributed by atoms with Gasteiger partial charge in [0, 0.05) is 6.54 Å². The summed E-state index contributed by atoms with van der Waals surface area (Å²) in [7, 11) is 0. The fraction of sp³-hybridized carbons (Fsp3) is 0.400. The van der Waals surface area contributed by atoms with Crippen molar-refractivity contribution >= 4 is 15.9 Å². The molecule has 0 aliphatic heterocycles. The van der Waals surface area contributed by atoms with Crippen LogP contribution in [0.3, 0.4) is 0 Å². The summed E-state index contributed by atoms with van der Waals surface area (Å²) in [5, 5.41) is 3.31. The van der Waals surface area contributed by atoms with Gasteiger partial charge in [-0.1, -0.05) is 19.9 Å². The lowest BCUT2D eigenvalue weighted by molar-refractivity contribution is 0.329. The van der Waals surface area contributed by atoms with Gasteiger partial charge in [-0.25, -0.2) is 0 Å². The van der Waals surface area contributed by atoms with E-state index < -0.39 is 0 Å². The van der Waals surface area contributed by atoms with E-state index in [0.717, 1.165) is 22.3 Å². The highest BCUT2D eigenvalue weighted by Gasteiger charge is 2.09. The van der Waals surface area contributed by atoms with Gasteiger partial charge in [-0.05, 0) is 53.0 Å². The Balaban J connectivity index is 1.95. The van der Waals surface area contributed by atoms with Crippen LogP contribution in [0.1, 0.15) is 25.1 Å². The van der Waals surface area contributed by atoms with E-state index in [2.05, 4.69) is 40.1 Å². The van der Waals surface area contributed by atoms with Gasteiger partial charge in [0.05, 0.1) is 10.2 Å². The summed E-state index contributed by atoms with van der Waals surface area (Å²) >= 11 is 3.46. The fourth-order valence-corrected chi connectivity index (χ4v) is 2.26. The van der Waals surface area contributed by atoms with E-state index in [1.807, 2.05) is 25.1 Å². The van der Waals surface area contributed by atoms with Crippen LogP contribution in [-0.2, 0) is 6.54 Å². The summed E-state index contributed by atoms with van der Waals surface area (Å²) in [5.41, 5.74) is 2.00. The third-order valence-corrected chi connectivity index (χ3v) is 3.29. The Bertz CT molecular complexity index is 567. The van der Waals surface area contributed by atoms with Gasteiger partial charge in [0.25, 0.3) is 0 Å². The van der Waals surface area contributed by atoms with Crippen molar-refractivity contribution in [1.82, 2.24) is 10.3 Å². The average molecular weight is 339 g/mol. The van der Waals surface area contributed by atoms with Crippen molar-refractivity contribution in [1.29, 1.82) is 0 Å². The number of rotatable bonds is 6. The molecule has 0 radical (unpaired) electrons. The highest BCUT2D eigenvalue weighted by atomic mass is 79.9. The molecule has 0 amide bonds. The predicted octanol–water partition coefficient (Wildman–Crippen LogP) is 4.28. The number of halogens is 1. The van der Waals surface area contributed by atoms with E-state index in [1.165, 1.54) is 0 Å². The van der Waals surface area contributed by atoms with Crippen molar-refractivity contribution in [3.8, 4) is 11.8 Å². The molecule has 0 saturated carbocycles. The molecular formula is C15H19BrN2O2. The van der Waals surface area contributed by atoms with Crippen LogP contribution in [0.15, 0.2) is 33.4 Å². The van der Waals surface area contributed by atoms with Crippen LogP contribution in [0, 0.1) is 12.8 Å². The maximum atomic E-state index is 5.62. The molecule has 2 aromatic rings. The molecule has 0 saturated heterocycles. The van der Waals surface area contributed by atoms with Crippen molar-refractivity contribution < 1.29 is 9.15 Å². The lowest BCUT2D eigenvalue weighted by Gasteiger charge is -2.05. The molecule has 0 aliphatic carbocycles. The number of hydrogen-bond acceptors (Lipinski definition) is 4. The van der Waals surface area contributed by atoms with Gasteiger partial charge >= 0.3 is 6.08 Å². The van der Waals surface area contributed by atoms with Gasteiger partial charge in [-0.2, -0.15) is 4.98 Å². The topological polar surface area (TPSA) is 47.3 Å². The maximum Gasteiger partial charge on any atom is 0.399 e. The molecule has 0 unspecified atom stereocenters. The maximum absolute atomic E-state index is 5.62. The number of aryl methyl sites for hydroxylation is 1. The Morgan fingerprint density at radius 2 is 2.20 bits per heavy atom. The monoisotopic (exact) mass is 338 g/mol. The van der Waals surface area contributed by atoms with E-state index in [0.29, 0.717) is 18.2 Å². The molecule has 20 heavy (non-hydrogen) atoms. The quantitative estimate of drug-likeness (QED) is 0.853. The molecule has 0 aliphatic rings. The zero-order chi connectivity index (χ0) is 14.5. The van der Waals surface area contributed by atoms with Crippen molar-refractivity contribution in [2.24, 2.45) is 5.92 Å².